The molecule has 32 heavy (non-hydrogen) atoms. The molecule has 5 heterocycles. The van der Waals surface area contributed by atoms with E-state index in [0.29, 0.717) is 38.3 Å². The highest BCUT2D eigenvalue weighted by Crippen LogP contribution is 2.34. The maximum atomic E-state index is 12.9. The lowest BCUT2D eigenvalue weighted by atomic mass is 9.94. The van der Waals surface area contributed by atoms with Gasteiger partial charge in [-0.15, -0.1) is 12.4 Å². The fourth-order valence-corrected chi connectivity index (χ4v) is 4.86. The number of carbonyl (C=O) groups excluding carboxylic acids is 1. The van der Waals surface area contributed by atoms with Gasteiger partial charge in [0.15, 0.2) is 0 Å². The zero-order valence-electron chi connectivity index (χ0n) is 17.7. The minimum atomic E-state index is -4.46. The van der Waals surface area contributed by atoms with Gasteiger partial charge in [-0.25, -0.2) is 0 Å². The minimum absolute atomic E-state index is 0. The van der Waals surface area contributed by atoms with Crippen LogP contribution in [0.25, 0.3) is 0 Å². The van der Waals surface area contributed by atoms with E-state index in [1.165, 1.54) is 22.9 Å². The van der Waals surface area contributed by atoms with Crippen molar-refractivity contribution in [1.82, 2.24) is 20.2 Å². The Labute approximate surface area is 190 Å². The van der Waals surface area contributed by atoms with Gasteiger partial charge in [-0.05, 0) is 48.7 Å². The first-order chi connectivity index (χ1) is 14.8. The summed E-state index contributed by atoms with van der Waals surface area (Å²) >= 11 is 0. The number of fused-ring (bicyclic) bond motifs is 3. The third-order valence-corrected chi connectivity index (χ3v) is 6.53. The van der Waals surface area contributed by atoms with Gasteiger partial charge in [0.25, 0.3) is 0 Å². The first-order valence-corrected chi connectivity index (χ1v) is 10.6. The zero-order valence-corrected chi connectivity index (χ0v) is 18.5. The Morgan fingerprint density at radius 3 is 2.75 bits per heavy atom. The lowest BCUT2D eigenvalue weighted by Crippen LogP contribution is -2.48. The smallest absolute Gasteiger partial charge is 0.371 e. The summed E-state index contributed by atoms with van der Waals surface area (Å²) in [6, 6.07) is 2.65. The van der Waals surface area contributed by atoms with Gasteiger partial charge < -0.3 is 15.1 Å². The topological polar surface area (TPSA) is 61.4 Å². The molecule has 172 valence electrons. The average molecular weight is 468 g/mol. The second kappa shape index (κ2) is 8.51. The van der Waals surface area contributed by atoms with E-state index in [-0.39, 0.29) is 24.2 Å². The number of anilines is 1. The van der Waals surface area contributed by atoms with E-state index >= 15 is 0 Å². The van der Waals surface area contributed by atoms with Crippen LogP contribution < -0.4 is 10.2 Å². The fraction of sp³-hybridized carbons (Fsp3) is 0.500. The van der Waals surface area contributed by atoms with Crippen LogP contribution in [0.5, 0.6) is 0 Å². The van der Waals surface area contributed by atoms with Crippen LogP contribution in [-0.2, 0) is 37.0 Å². The van der Waals surface area contributed by atoms with Crippen LogP contribution in [0.15, 0.2) is 18.3 Å². The molecular formula is C22H25ClF3N5O. The molecule has 0 saturated carbocycles. The number of halogens is 4. The summed E-state index contributed by atoms with van der Waals surface area (Å²) < 4.78 is 38.6. The van der Waals surface area contributed by atoms with E-state index in [4.69, 9.17) is 4.98 Å². The summed E-state index contributed by atoms with van der Waals surface area (Å²) in [6.07, 6.45) is -1.90. The molecule has 0 aliphatic carbocycles. The van der Waals surface area contributed by atoms with Gasteiger partial charge in [0.2, 0.25) is 5.91 Å². The predicted octanol–water partition coefficient (Wildman–Crippen LogP) is 3.24. The Morgan fingerprint density at radius 1 is 1.22 bits per heavy atom. The normalized spacial score (nSPS) is 18.0. The highest BCUT2D eigenvalue weighted by atomic mass is 35.5. The molecule has 0 unspecified atom stereocenters. The van der Waals surface area contributed by atoms with Crippen LogP contribution in [0.4, 0.5) is 18.9 Å². The predicted molar refractivity (Wildman–Crippen MR) is 115 cm³/mol. The summed E-state index contributed by atoms with van der Waals surface area (Å²) in [6.45, 7) is 6.11. The molecule has 0 radical (unpaired) electrons. The SMILES string of the molecule is Cc1nc2c(c3c1CCNC3)CN(C(=O)CC1CN(c3ccnc(C(F)(F)F)c3)C1)C2.Cl. The molecule has 6 nitrogen and oxygen atoms in total. The Kier molecular flexibility index (Phi) is 6.06. The number of alkyl halides is 3. The summed E-state index contributed by atoms with van der Waals surface area (Å²) in [5, 5.41) is 3.41. The Bertz CT molecular complexity index is 1040. The van der Waals surface area contributed by atoms with E-state index in [0.717, 1.165) is 37.0 Å². The lowest BCUT2D eigenvalue weighted by Gasteiger charge is -2.41. The van der Waals surface area contributed by atoms with Crippen molar-refractivity contribution in [3.63, 3.8) is 0 Å². The highest BCUT2D eigenvalue weighted by molar-refractivity contribution is 5.85. The third kappa shape index (κ3) is 4.15. The van der Waals surface area contributed by atoms with Crippen LogP contribution in [0, 0.1) is 12.8 Å². The second-order valence-electron chi connectivity index (χ2n) is 8.63. The van der Waals surface area contributed by atoms with Crippen molar-refractivity contribution in [2.75, 3.05) is 24.5 Å². The molecular weight excluding hydrogens is 443 g/mol. The van der Waals surface area contributed by atoms with Crippen molar-refractivity contribution in [1.29, 1.82) is 0 Å². The number of nitrogens with one attached hydrogen (secondary N) is 1. The third-order valence-electron chi connectivity index (χ3n) is 6.53. The molecule has 1 amide bonds. The number of aromatic nitrogens is 2. The largest absolute Gasteiger partial charge is 0.433 e. The van der Waals surface area contributed by atoms with E-state index in [1.54, 1.807) is 6.07 Å². The number of pyridine rings is 2. The van der Waals surface area contributed by atoms with Gasteiger partial charge in [-0.3, -0.25) is 14.8 Å². The molecule has 1 fully saturated rings. The van der Waals surface area contributed by atoms with E-state index in [9.17, 15) is 18.0 Å². The molecule has 0 bridgehead atoms. The highest BCUT2D eigenvalue weighted by Gasteiger charge is 2.36. The molecule has 0 aromatic carbocycles. The van der Waals surface area contributed by atoms with Crippen LogP contribution in [0.3, 0.4) is 0 Å². The fourth-order valence-electron chi connectivity index (χ4n) is 4.86. The number of rotatable bonds is 3. The monoisotopic (exact) mass is 467 g/mol. The first kappa shape index (κ1) is 22.8. The van der Waals surface area contributed by atoms with Crippen molar-refractivity contribution in [2.45, 2.75) is 45.6 Å². The van der Waals surface area contributed by atoms with Crippen molar-refractivity contribution in [2.24, 2.45) is 5.92 Å². The zero-order chi connectivity index (χ0) is 21.8. The van der Waals surface area contributed by atoms with Crippen LogP contribution >= 0.6 is 12.4 Å². The number of hydrogen-bond acceptors (Lipinski definition) is 5. The first-order valence-electron chi connectivity index (χ1n) is 10.6. The Balaban J connectivity index is 0.00000245. The van der Waals surface area contributed by atoms with E-state index < -0.39 is 11.9 Å². The van der Waals surface area contributed by atoms with Gasteiger partial charge in [0.05, 0.1) is 12.2 Å². The molecule has 2 aromatic rings. The molecule has 1 saturated heterocycles. The molecule has 2 aromatic heterocycles. The van der Waals surface area contributed by atoms with Gasteiger partial charge in [0.1, 0.15) is 5.69 Å². The number of hydrogen-bond donors (Lipinski definition) is 1. The molecule has 0 spiro atoms. The van der Waals surface area contributed by atoms with Gasteiger partial charge >= 0.3 is 6.18 Å². The standard InChI is InChI=1S/C22H24F3N5O.ClH/c1-13-16-3-4-26-8-17(16)18-11-30(12-19(18)28-13)21(31)6-14-9-29(10-14)15-2-5-27-20(7-15)22(23,24)25;/h2,5,7,14,26H,3-4,6,8-12H2,1H3;1H. The molecule has 10 heteroatoms. The molecule has 3 aliphatic rings. The lowest BCUT2D eigenvalue weighted by molar-refractivity contribution is -0.141. The number of nitrogens with zero attached hydrogens (tertiary/aromatic N) is 4. The van der Waals surface area contributed by atoms with Gasteiger partial charge in [0, 0.05) is 56.1 Å². The second-order valence-corrected chi connectivity index (χ2v) is 8.63. The van der Waals surface area contributed by atoms with Crippen molar-refractivity contribution in [3.05, 3.63) is 52.1 Å². The van der Waals surface area contributed by atoms with Gasteiger partial charge in [-0.2, -0.15) is 13.2 Å². The van der Waals surface area contributed by atoms with Crippen molar-refractivity contribution in [3.8, 4) is 0 Å². The van der Waals surface area contributed by atoms with Crippen molar-refractivity contribution < 1.29 is 18.0 Å². The van der Waals surface area contributed by atoms with Crippen LogP contribution in [0.1, 0.15) is 40.2 Å². The summed E-state index contributed by atoms with van der Waals surface area (Å²) in [7, 11) is 0. The maximum absolute atomic E-state index is 12.9. The molecule has 3 aliphatic heterocycles. The molecule has 5 rings (SSSR count). The summed E-state index contributed by atoms with van der Waals surface area (Å²) in [5.41, 5.74) is 5.48. The van der Waals surface area contributed by atoms with Crippen LogP contribution in [-0.4, -0.2) is 40.4 Å². The van der Waals surface area contributed by atoms with Crippen molar-refractivity contribution >= 4 is 24.0 Å². The molecule has 1 N–H and O–H groups in total. The Hall–Kier alpha value is -2.39. The van der Waals surface area contributed by atoms with Crippen LogP contribution in [0.2, 0.25) is 0 Å². The summed E-state index contributed by atoms with van der Waals surface area (Å²) in [4.78, 5) is 24.8. The van der Waals surface area contributed by atoms with E-state index in [2.05, 4.69) is 10.3 Å². The number of amides is 1. The maximum Gasteiger partial charge on any atom is 0.433 e. The van der Waals surface area contributed by atoms with Gasteiger partial charge in [-0.1, -0.05) is 0 Å². The van der Waals surface area contributed by atoms with E-state index in [1.807, 2.05) is 16.7 Å². The quantitative estimate of drug-likeness (QED) is 0.751. The Morgan fingerprint density at radius 2 is 2.00 bits per heavy atom. The summed E-state index contributed by atoms with van der Waals surface area (Å²) in [5.74, 6) is 0.229. The number of carbonyl (C=O) groups is 1. The average Bonchev–Trinajstić information content (AvgIpc) is 3.14. The molecule has 0 atom stereocenters. The number of aryl methyl sites for hydroxylation is 1. The minimum Gasteiger partial charge on any atom is -0.371 e.